The van der Waals surface area contributed by atoms with Gasteiger partial charge in [-0.1, -0.05) is 17.7 Å². The summed E-state index contributed by atoms with van der Waals surface area (Å²) >= 11 is 6.03. The zero-order valence-electron chi connectivity index (χ0n) is 17.6. The number of nitrogens with zero attached hydrogens (tertiary/aromatic N) is 1. The number of aryl methyl sites for hydroxylation is 3. The van der Waals surface area contributed by atoms with E-state index in [9.17, 15) is 9.59 Å². The van der Waals surface area contributed by atoms with Crippen LogP contribution in [0.1, 0.15) is 46.3 Å². The molecule has 158 valence electrons. The van der Waals surface area contributed by atoms with Crippen LogP contribution in [0.15, 0.2) is 30.3 Å². The molecular formula is C24H26ClNO4. The summed E-state index contributed by atoms with van der Waals surface area (Å²) in [7, 11) is 0. The van der Waals surface area contributed by atoms with E-state index >= 15 is 0 Å². The van der Waals surface area contributed by atoms with Crippen molar-refractivity contribution in [3.8, 4) is 11.5 Å². The summed E-state index contributed by atoms with van der Waals surface area (Å²) in [5, 5.41) is 0.670. The van der Waals surface area contributed by atoms with Gasteiger partial charge in [-0.05, 0) is 61.7 Å². The van der Waals surface area contributed by atoms with Gasteiger partial charge in [-0.15, -0.1) is 0 Å². The molecule has 1 fully saturated rings. The van der Waals surface area contributed by atoms with Crippen molar-refractivity contribution in [2.75, 3.05) is 19.7 Å². The third-order valence-electron chi connectivity index (χ3n) is 6.05. The van der Waals surface area contributed by atoms with Crippen LogP contribution in [-0.2, 0) is 4.79 Å². The number of likely N-dealkylation sites (tertiary alicyclic amines) is 1. The van der Waals surface area contributed by atoms with E-state index < -0.39 is 5.60 Å². The number of carbonyl (C=O) groups is 2. The Hall–Kier alpha value is -2.53. The molecule has 0 saturated carbocycles. The molecule has 1 saturated heterocycles. The predicted octanol–water partition coefficient (Wildman–Crippen LogP) is 4.67. The number of halogens is 1. The van der Waals surface area contributed by atoms with Gasteiger partial charge in [0.05, 0.1) is 12.0 Å². The van der Waals surface area contributed by atoms with Crippen molar-refractivity contribution in [2.45, 2.75) is 45.6 Å². The van der Waals surface area contributed by atoms with Crippen molar-refractivity contribution < 1.29 is 19.1 Å². The Morgan fingerprint density at radius 1 is 1.13 bits per heavy atom. The summed E-state index contributed by atoms with van der Waals surface area (Å²) in [5.74, 6) is 1.38. The van der Waals surface area contributed by atoms with E-state index in [4.69, 9.17) is 21.1 Å². The van der Waals surface area contributed by atoms with Gasteiger partial charge in [-0.25, -0.2) is 0 Å². The van der Waals surface area contributed by atoms with Crippen LogP contribution in [0.25, 0.3) is 0 Å². The summed E-state index contributed by atoms with van der Waals surface area (Å²) in [5.41, 5.74) is 3.14. The SMILES string of the molecule is Cc1cc(C)c2c(c1)OC1(CCN(C(=O)COc3ccc(Cl)c(C)c3)CC1)CC2=O. The molecule has 2 aromatic rings. The average Bonchev–Trinajstić information content (AvgIpc) is 2.68. The lowest BCUT2D eigenvalue weighted by molar-refractivity contribution is -0.136. The Morgan fingerprint density at radius 2 is 1.87 bits per heavy atom. The van der Waals surface area contributed by atoms with Gasteiger partial charge in [-0.3, -0.25) is 9.59 Å². The molecule has 2 aliphatic rings. The minimum Gasteiger partial charge on any atom is -0.486 e. The van der Waals surface area contributed by atoms with Crippen LogP contribution >= 0.6 is 11.6 Å². The Morgan fingerprint density at radius 3 is 2.57 bits per heavy atom. The molecular weight excluding hydrogens is 402 g/mol. The lowest BCUT2D eigenvalue weighted by atomic mass is 9.81. The second-order valence-electron chi connectivity index (χ2n) is 8.42. The van der Waals surface area contributed by atoms with Crippen molar-refractivity contribution in [3.63, 3.8) is 0 Å². The molecule has 2 heterocycles. The molecule has 0 N–H and O–H groups in total. The molecule has 2 aromatic carbocycles. The van der Waals surface area contributed by atoms with Crippen LogP contribution in [0.2, 0.25) is 5.02 Å². The largest absolute Gasteiger partial charge is 0.486 e. The van der Waals surface area contributed by atoms with E-state index in [0.29, 0.717) is 54.4 Å². The van der Waals surface area contributed by atoms with Gasteiger partial charge in [0, 0.05) is 31.0 Å². The Bertz CT molecular complexity index is 1010. The number of fused-ring (bicyclic) bond motifs is 1. The maximum Gasteiger partial charge on any atom is 0.260 e. The van der Waals surface area contributed by atoms with Gasteiger partial charge >= 0.3 is 0 Å². The Balaban J connectivity index is 1.38. The number of carbonyl (C=O) groups excluding carboxylic acids is 2. The topological polar surface area (TPSA) is 55.8 Å². The quantitative estimate of drug-likeness (QED) is 0.714. The van der Waals surface area contributed by atoms with E-state index in [1.807, 2.05) is 39.0 Å². The first-order chi connectivity index (χ1) is 14.3. The summed E-state index contributed by atoms with van der Waals surface area (Å²) in [4.78, 5) is 27.2. The molecule has 0 aromatic heterocycles. The van der Waals surface area contributed by atoms with Crippen LogP contribution in [0.4, 0.5) is 0 Å². The third kappa shape index (κ3) is 4.04. The molecule has 0 bridgehead atoms. The molecule has 2 aliphatic heterocycles. The highest BCUT2D eigenvalue weighted by atomic mass is 35.5. The fourth-order valence-electron chi connectivity index (χ4n) is 4.40. The standard InChI is InChI=1S/C24H26ClNO4/c1-15-10-17(3)23-20(27)13-24(30-21(23)11-15)6-8-26(9-7-24)22(28)14-29-18-4-5-19(25)16(2)12-18/h4-5,10-12H,6-9,13-14H2,1-3H3. The van der Waals surface area contributed by atoms with E-state index in [2.05, 4.69) is 0 Å². The van der Waals surface area contributed by atoms with Crippen LogP contribution < -0.4 is 9.47 Å². The van der Waals surface area contributed by atoms with Crippen molar-refractivity contribution in [3.05, 3.63) is 57.6 Å². The molecule has 0 unspecified atom stereocenters. The van der Waals surface area contributed by atoms with Gasteiger partial charge in [0.15, 0.2) is 12.4 Å². The Kier molecular flexibility index (Phi) is 5.49. The number of piperidine rings is 1. The summed E-state index contributed by atoms with van der Waals surface area (Å²) in [6, 6.07) is 9.31. The molecule has 30 heavy (non-hydrogen) atoms. The van der Waals surface area contributed by atoms with Crippen LogP contribution in [0.3, 0.4) is 0 Å². The lowest BCUT2D eigenvalue weighted by Crippen LogP contribution is -2.53. The van der Waals surface area contributed by atoms with E-state index in [-0.39, 0.29) is 18.3 Å². The van der Waals surface area contributed by atoms with Crippen LogP contribution in [0.5, 0.6) is 11.5 Å². The third-order valence-corrected chi connectivity index (χ3v) is 6.47. The molecule has 1 spiro atoms. The van der Waals surface area contributed by atoms with E-state index in [1.54, 1.807) is 17.0 Å². The number of ketones is 1. The normalized spacial score (nSPS) is 17.5. The number of Topliss-reactive ketones (excluding diaryl/α,β-unsaturated/α-hetero) is 1. The van der Waals surface area contributed by atoms with E-state index in [0.717, 1.165) is 16.7 Å². The second-order valence-corrected chi connectivity index (χ2v) is 8.83. The first-order valence-electron chi connectivity index (χ1n) is 10.3. The van der Waals surface area contributed by atoms with Crippen LogP contribution in [0, 0.1) is 20.8 Å². The predicted molar refractivity (Wildman–Crippen MR) is 116 cm³/mol. The molecule has 0 aliphatic carbocycles. The molecule has 5 nitrogen and oxygen atoms in total. The first-order valence-corrected chi connectivity index (χ1v) is 10.6. The fourth-order valence-corrected chi connectivity index (χ4v) is 4.52. The number of ether oxygens (including phenoxy) is 2. The number of benzene rings is 2. The summed E-state index contributed by atoms with van der Waals surface area (Å²) in [6.07, 6.45) is 1.64. The zero-order chi connectivity index (χ0) is 21.5. The van der Waals surface area contributed by atoms with Gasteiger partial charge in [0.1, 0.15) is 17.1 Å². The molecule has 1 amide bonds. The highest BCUT2D eigenvalue weighted by Gasteiger charge is 2.44. The van der Waals surface area contributed by atoms with E-state index in [1.165, 1.54) is 0 Å². The van der Waals surface area contributed by atoms with Gasteiger partial charge < -0.3 is 14.4 Å². The average molecular weight is 428 g/mol. The maximum atomic E-state index is 12.8. The summed E-state index contributed by atoms with van der Waals surface area (Å²) in [6.45, 7) is 6.94. The molecule has 0 atom stereocenters. The minimum absolute atomic E-state index is 0.0188. The molecule has 6 heteroatoms. The highest BCUT2D eigenvalue weighted by molar-refractivity contribution is 6.31. The number of rotatable bonds is 3. The number of hydrogen-bond donors (Lipinski definition) is 0. The van der Waals surface area contributed by atoms with Crippen LogP contribution in [-0.4, -0.2) is 41.9 Å². The maximum absolute atomic E-state index is 12.8. The molecule has 4 rings (SSSR count). The highest BCUT2D eigenvalue weighted by Crippen LogP contribution is 2.41. The van der Waals surface area contributed by atoms with Gasteiger partial charge in [-0.2, -0.15) is 0 Å². The fraction of sp³-hybridized carbons (Fsp3) is 0.417. The number of hydrogen-bond acceptors (Lipinski definition) is 4. The Labute approximate surface area is 181 Å². The lowest BCUT2D eigenvalue weighted by Gasteiger charge is -2.44. The van der Waals surface area contributed by atoms with Crippen molar-refractivity contribution in [1.29, 1.82) is 0 Å². The van der Waals surface area contributed by atoms with Gasteiger partial charge in [0.25, 0.3) is 5.91 Å². The summed E-state index contributed by atoms with van der Waals surface area (Å²) < 4.78 is 12.0. The zero-order valence-corrected chi connectivity index (χ0v) is 18.3. The smallest absolute Gasteiger partial charge is 0.260 e. The van der Waals surface area contributed by atoms with Crippen molar-refractivity contribution >= 4 is 23.3 Å². The van der Waals surface area contributed by atoms with Crippen molar-refractivity contribution in [1.82, 2.24) is 4.90 Å². The monoisotopic (exact) mass is 427 g/mol. The number of amides is 1. The minimum atomic E-state index is -0.519. The molecule has 0 radical (unpaired) electrons. The second kappa shape index (κ2) is 7.95. The first kappa shape index (κ1) is 20.7. The van der Waals surface area contributed by atoms with Gasteiger partial charge in [0.2, 0.25) is 0 Å². The van der Waals surface area contributed by atoms with Crippen molar-refractivity contribution in [2.24, 2.45) is 0 Å².